The maximum Gasteiger partial charge on any atom is 0.119 e. The van der Waals surface area contributed by atoms with Gasteiger partial charge in [-0.3, -0.25) is 9.67 Å². The van der Waals surface area contributed by atoms with E-state index in [0.29, 0.717) is 4.64 Å². The summed E-state index contributed by atoms with van der Waals surface area (Å²) in [6.07, 6.45) is 5.46. The summed E-state index contributed by atoms with van der Waals surface area (Å²) < 4.78 is 2.61. The molecule has 4 nitrogen and oxygen atoms in total. The maximum absolute atomic E-state index is 4.96. The van der Waals surface area contributed by atoms with Gasteiger partial charge in [-0.1, -0.05) is 12.2 Å². The molecule has 0 saturated heterocycles. The number of rotatable bonds is 2. The number of aromatic nitrogens is 4. The molecule has 3 rings (SSSR count). The molecule has 0 bridgehead atoms. The highest BCUT2D eigenvalue weighted by molar-refractivity contribution is 7.71. The molecule has 84 valence electrons. The van der Waals surface area contributed by atoms with E-state index in [1.54, 1.807) is 23.9 Å². The molecule has 0 aliphatic heterocycles. The summed E-state index contributed by atoms with van der Waals surface area (Å²) in [5.74, 6) is 0. The average Bonchev–Trinajstić information content (AvgIpc) is 3.00. The Kier molecular flexibility index (Phi) is 2.58. The van der Waals surface area contributed by atoms with Gasteiger partial charge in [0, 0.05) is 12.4 Å². The van der Waals surface area contributed by atoms with E-state index < -0.39 is 0 Å². The molecule has 0 fully saturated rings. The summed E-state index contributed by atoms with van der Waals surface area (Å²) in [6, 6.07) is 7.85. The Balaban J connectivity index is 2.00. The molecule has 0 spiro atoms. The lowest BCUT2D eigenvalue weighted by molar-refractivity contribution is 1.03. The number of nitrogens with one attached hydrogen (secondary N) is 1. The number of hydrogen-bond donors (Lipinski definition) is 1. The fourth-order valence-corrected chi connectivity index (χ4v) is 2.52. The monoisotopic (exact) mass is 260 g/mol. The summed E-state index contributed by atoms with van der Waals surface area (Å²) in [6.45, 7) is 0. The predicted octanol–water partition coefficient (Wildman–Crippen LogP) is 3.05. The Morgan fingerprint density at radius 2 is 2.18 bits per heavy atom. The second kappa shape index (κ2) is 4.23. The van der Waals surface area contributed by atoms with Gasteiger partial charge in [0.05, 0.1) is 11.2 Å². The molecule has 0 atom stereocenters. The van der Waals surface area contributed by atoms with Gasteiger partial charge in [0.25, 0.3) is 0 Å². The summed E-state index contributed by atoms with van der Waals surface area (Å²) >= 11 is 6.62. The molecule has 17 heavy (non-hydrogen) atoms. The van der Waals surface area contributed by atoms with E-state index in [0.717, 1.165) is 15.6 Å². The first-order chi connectivity index (χ1) is 8.33. The summed E-state index contributed by atoms with van der Waals surface area (Å²) in [5.41, 5.74) is 0.898. The zero-order chi connectivity index (χ0) is 11.7. The fraction of sp³-hybridized carbons (Fsp3) is 0. The Hall–Kier alpha value is -1.79. The van der Waals surface area contributed by atoms with E-state index in [1.807, 2.05) is 35.0 Å². The van der Waals surface area contributed by atoms with Crippen molar-refractivity contribution in [1.29, 1.82) is 0 Å². The van der Waals surface area contributed by atoms with Gasteiger partial charge >= 0.3 is 0 Å². The van der Waals surface area contributed by atoms with Gasteiger partial charge in [-0.15, -0.1) is 11.3 Å². The van der Waals surface area contributed by atoms with Crippen LogP contribution in [0.3, 0.4) is 0 Å². The summed E-state index contributed by atoms with van der Waals surface area (Å²) in [7, 11) is 0. The zero-order valence-corrected chi connectivity index (χ0v) is 10.3. The Morgan fingerprint density at radius 3 is 2.88 bits per heavy atom. The normalized spacial score (nSPS) is 10.6. The fourth-order valence-electron chi connectivity index (χ4n) is 1.48. The highest BCUT2D eigenvalue weighted by Gasteiger charge is 2.04. The molecule has 0 aromatic carbocycles. The lowest BCUT2D eigenvalue weighted by Gasteiger charge is -1.96. The molecular formula is C11H8N4S2. The van der Waals surface area contributed by atoms with E-state index >= 15 is 0 Å². The SMILES string of the molecule is S=c1ccc(-c2ccc(-n3ccnc3)s2)n[nH]1. The molecule has 0 aliphatic carbocycles. The Morgan fingerprint density at radius 1 is 1.24 bits per heavy atom. The van der Waals surface area contributed by atoms with Crippen LogP contribution < -0.4 is 0 Å². The molecule has 0 amide bonds. The number of imidazole rings is 1. The highest BCUT2D eigenvalue weighted by atomic mass is 32.1. The molecule has 3 aromatic rings. The van der Waals surface area contributed by atoms with Crippen LogP contribution in [0, 0.1) is 4.64 Å². The summed E-state index contributed by atoms with van der Waals surface area (Å²) in [5, 5.41) is 8.11. The van der Waals surface area contributed by atoms with Crippen molar-refractivity contribution in [3.63, 3.8) is 0 Å². The molecular weight excluding hydrogens is 252 g/mol. The molecule has 1 N–H and O–H groups in total. The van der Waals surface area contributed by atoms with Gasteiger partial charge in [-0.05, 0) is 24.3 Å². The van der Waals surface area contributed by atoms with Crippen LogP contribution in [0.4, 0.5) is 0 Å². The van der Waals surface area contributed by atoms with Crippen molar-refractivity contribution >= 4 is 23.6 Å². The smallest absolute Gasteiger partial charge is 0.119 e. The van der Waals surface area contributed by atoms with Crippen LogP contribution in [0.1, 0.15) is 0 Å². The highest BCUT2D eigenvalue weighted by Crippen LogP contribution is 2.28. The molecule has 0 aliphatic rings. The topological polar surface area (TPSA) is 46.5 Å². The van der Waals surface area contributed by atoms with Crippen LogP contribution >= 0.6 is 23.6 Å². The van der Waals surface area contributed by atoms with E-state index in [9.17, 15) is 0 Å². The number of H-pyrrole nitrogens is 1. The van der Waals surface area contributed by atoms with E-state index in [4.69, 9.17) is 12.2 Å². The lowest BCUT2D eigenvalue weighted by atomic mass is 10.3. The second-order valence-corrected chi connectivity index (χ2v) is 4.92. The minimum absolute atomic E-state index is 0.639. The number of thiophene rings is 1. The minimum Gasteiger partial charge on any atom is -0.298 e. The van der Waals surface area contributed by atoms with Crippen LogP contribution in [-0.4, -0.2) is 19.7 Å². The van der Waals surface area contributed by atoms with Gasteiger partial charge in [-0.2, -0.15) is 5.10 Å². The molecule has 0 unspecified atom stereocenters. The van der Waals surface area contributed by atoms with E-state index in [2.05, 4.69) is 15.2 Å². The molecule has 6 heteroatoms. The van der Waals surface area contributed by atoms with Crippen molar-refractivity contribution in [2.75, 3.05) is 0 Å². The van der Waals surface area contributed by atoms with Gasteiger partial charge < -0.3 is 0 Å². The first-order valence-corrected chi connectivity index (χ1v) is 6.20. The number of nitrogens with zero attached hydrogens (tertiary/aromatic N) is 3. The van der Waals surface area contributed by atoms with Crippen LogP contribution in [0.15, 0.2) is 43.0 Å². The third-order valence-electron chi connectivity index (χ3n) is 2.28. The Bertz CT molecular complexity index is 661. The van der Waals surface area contributed by atoms with Crippen molar-refractivity contribution in [2.45, 2.75) is 0 Å². The van der Waals surface area contributed by atoms with E-state index in [-0.39, 0.29) is 0 Å². The molecule has 0 radical (unpaired) electrons. The van der Waals surface area contributed by atoms with Crippen molar-refractivity contribution in [1.82, 2.24) is 19.7 Å². The van der Waals surface area contributed by atoms with Crippen molar-refractivity contribution in [3.8, 4) is 15.6 Å². The predicted molar refractivity (Wildman–Crippen MR) is 69.9 cm³/mol. The van der Waals surface area contributed by atoms with Gasteiger partial charge in [-0.25, -0.2) is 4.98 Å². The first-order valence-electron chi connectivity index (χ1n) is 4.97. The van der Waals surface area contributed by atoms with Crippen molar-refractivity contribution < 1.29 is 0 Å². The third-order valence-corrected chi connectivity index (χ3v) is 3.63. The van der Waals surface area contributed by atoms with Gasteiger partial charge in [0.15, 0.2) is 0 Å². The first kappa shape index (κ1) is 10.4. The standard InChI is InChI=1S/C11H8N4S2/c16-10-3-1-8(13-14-10)9-2-4-11(17-9)15-6-5-12-7-15/h1-7H,(H,14,16). The largest absolute Gasteiger partial charge is 0.298 e. The zero-order valence-electron chi connectivity index (χ0n) is 8.70. The second-order valence-electron chi connectivity index (χ2n) is 3.41. The van der Waals surface area contributed by atoms with Crippen LogP contribution in [0.25, 0.3) is 15.6 Å². The average molecular weight is 260 g/mol. The Labute approximate surface area is 107 Å². The van der Waals surface area contributed by atoms with E-state index in [1.165, 1.54) is 0 Å². The maximum atomic E-state index is 4.96. The van der Waals surface area contributed by atoms with Gasteiger partial charge in [0.1, 0.15) is 15.3 Å². The van der Waals surface area contributed by atoms with Crippen LogP contribution in [0.5, 0.6) is 0 Å². The van der Waals surface area contributed by atoms with Crippen molar-refractivity contribution in [3.05, 3.63) is 47.6 Å². The lowest BCUT2D eigenvalue weighted by Crippen LogP contribution is -1.84. The number of hydrogen-bond acceptors (Lipinski definition) is 4. The molecule has 3 heterocycles. The van der Waals surface area contributed by atoms with Gasteiger partial charge in [0.2, 0.25) is 0 Å². The summed E-state index contributed by atoms with van der Waals surface area (Å²) in [4.78, 5) is 5.12. The molecule has 0 saturated carbocycles. The molecule has 3 aromatic heterocycles. The van der Waals surface area contributed by atoms with Crippen LogP contribution in [0.2, 0.25) is 0 Å². The minimum atomic E-state index is 0.639. The number of aromatic amines is 1. The van der Waals surface area contributed by atoms with Crippen molar-refractivity contribution in [2.24, 2.45) is 0 Å². The third kappa shape index (κ3) is 2.04. The van der Waals surface area contributed by atoms with Crippen LogP contribution in [-0.2, 0) is 0 Å². The quantitative estimate of drug-likeness (QED) is 0.720.